The summed E-state index contributed by atoms with van der Waals surface area (Å²) in [5.74, 6) is 0.161. The van der Waals surface area contributed by atoms with Crippen molar-refractivity contribution in [2.45, 2.75) is 20.3 Å². The summed E-state index contributed by atoms with van der Waals surface area (Å²) < 4.78 is 0. The minimum atomic E-state index is 0.161. The molecule has 1 heterocycles. The molecule has 34 heavy (non-hydrogen) atoms. The van der Waals surface area contributed by atoms with E-state index in [0.29, 0.717) is 13.1 Å². The Bertz CT molecular complexity index is 993. The van der Waals surface area contributed by atoms with Crippen molar-refractivity contribution in [1.29, 1.82) is 0 Å². The summed E-state index contributed by atoms with van der Waals surface area (Å²) in [4.78, 5) is 15.6. The van der Waals surface area contributed by atoms with Crippen molar-refractivity contribution in [3.63, 3.8) is 0 Å². The van der Waals surface area contributed by atoms with Crippen LogP contribution in [0.4, 0.5) is 0 Å². The lowest BCUT2D eigenvalue weighted by Gasteiger charge is -2.30. The third-order valence-electron chi connectivity index (χ3n) is 5.71. The first-order valence-electron chi connectivity index (χ1n) is 12.2. The van der Waals surface area contributed by atoms with Crippen LogP contribution in [0, 0.1) is 0 Å². The topological polar surface area (TPSA) is 32.3 Å². The molecule has 1 N–H and O–H groups in total. The number of ketones is 1. The molecule has 0 aliphatic carbocycles. The van der Waals surface area contributed by atoms with E-state index in [1.165, 1.54) is 5.56 Å². The van der Waals surface area contributed by atoms with Crippen molar-refractivity contribution < 1.29 is 4.79 Å². The monoisotopic (exact) mass is 452 g/mol. The van der Waals surface area contributed by atoms with Gasteiger partial charge in [-0.25, -0.2) is 0 Å². The van der Waals surface area contributed by atoms with Gasteiger partial charge in [0.15, 0.2) is 5.78 Å². The first-order chi connectivity index (χ1) is 16.7. The molecule has 3 heteroatoms. The number of carbonyl (C=O) groups is 1. The summed E-state index contributed by atoms with van der Waals surface area (Å²) in [5.41, 5.74) is 5.18. The van der Waals surface area contributed by atoms with Crippen molar-refractivity contribution in [1.82, 2.24) is 10.2 Å². The number of nitrogens with zero attached hydrogens (tertiary/aromatic N) is 1. The van der Waals surface area contributed by atoms with Crippen molar-refractivity contribution in [2.75, 3.05) is 32.7 Å². The van der Waals surface area contributed by atoms with E-state index in [0.717, 1.165) is 48.3 Å². The molecule has 3 nitrogen and oxygen atoms in total. The largest absolute Gasteiger partial charge is 0.317 e. The number of carbonyl (C=O) groups excluding carboxylic acids is 1. The summed E-state index contributed by atoms with van der Waals surface area (Å²) in [5, 5.41) is 3.11. The van der Waals surface area contributed by atoms with Crippen LogP contribution in [0.5, 0.6) is 0 Å². The van der Waals surface area contributed by atoms with Crippen molar-refractivity contribution in [2.24, 2.45) is 0 Å². The quantitative estimate of drug-likeness (QED) is 0.453. The standard InChI is InChI=1S/C27H25NO.C4H11N/c29-27-25(18-23-12-6-2-7-13-23)20-28(17-16-22-10-4-1-5-11-22)21-26(27)19-24-14-8-3-9-15-24;1-3-5-4-2/h1-15,18-19H,16-17,20-21H2;5H,3-4H2,1-2H3. The first kappa shape index (κ1) is 25.4. The van der Waals surface area contributed by atoms with Gasteiger partial charge in [0.1, 0.15) is 0 Å². The van der Waals surface area contributed by atoms with Crippen LogP contribution < -0.4 is 5.32 Å². The molecular formula is C31H36N2O. The van der Waals surface area contributed by atoms with E-state index >= 15 is 0 Å². The van der Waals surface area contributed by atoms with Gasteiger partial charge in [0.2, 0.25) is 0 Å². The fourth-order valence-corrected chi connectivity index (χ4v) is 3.95. The highest BCUT2D eigenvalue weighted by molar-refractivity contribution is 6.14. The third kappa shape index (κ3) is 8.26. The van der Waals surface area contributed by atoms with Gasteiger partial charge in [-0.05, 0) is 48.4 Å². The minimum absolute atomic E-state index is 0.161. The second kappa shape index (κ2) is 14.1. The molecule has 0 aromatic heterocycles. The molecule has 0 atom stereocenters. The number of piperidine rings is 1. The Kier molecular flexibility index (Phi) is 10.5. The fourth-order valence-electron chi connectivity index (χ4n) is 3.95. The van der Waals surface area contributed by atoms with Gasteiger partial charge in [-0.15, -0.1) is 0 Å². The van der Waals surface area contributed by atoms with Gasteiger partial charge in [-0.1, -0.05) is 105 Å². The summed E-state index contributed by atoms with van der Waals surface area (Å²) in [6.45, 7) is 8.69. The summed E-state index contributed by atoms with van der Waals surface area (Å²) in [7, 11) is 0. The van der Waals surface area contributed by atoms with Crippen LogP contribution in [0.15, 0.2) is 102 Å². The van der Waals surface area contributed by atoms with Gasteiger partial charge in [0.25, 0.3) is 0 Å². The zero-order valence-electron chi connectivity index (χ0n) is 20.4. The van der Waals surface area contributed by atoms with Crippen LogP contribution in [0.1, 0.15) is 30.5 Å². The summed E-state index contributed by atoms with van der Waals surface area (Å²) >= 11 is 0. The van der Waals surface area contributed by atoms with Crippen LogP contribution in [0.3, 0.4) is 0 Å². The molecule has 1 saturated heterocycles. The lowest BCUT2D eigenvalue weighted by atomic mass is 9.94. The predicted molar refractivity (Wildman–Crippen MR) is 145 cm³/mol. The molecule has 1 fully saturated rings. The average molecular weight is 453 g/mol. The van der Waals surface area contributed by atoms with E-state index < -0.39 is 0 Å². The number of benzene rings is 3. The Hall–Kier alpha value is -3.27. The number of likely N-dealkylation sites (tertiary alicyclic amines) is 1. The Balaban J connectivity index is 0.000000588. The van der Waals surface area contributed by atoms with Crippen molar-refractivity contribution >= 4 is 17.9 Å². The van der Waals surface area contributed by atoms with E-state index in [1.807, 2.05) is 78.9 Å². The lowest BCUT2D eigenvalue weighted by Crippen LogP contribution is -2.38. The molecule has 1 aliphatic heterocycles. The highest BCUT2D eigenvalue weighted by Crippen LogP contribution is 2.22. The second-order valence-corrected chi connectivity index (χ2v) is 8.39. The van der Waals surface area contributed by atoms with Gasteiger partial charge in [-0.2, -0.15) is 0 Å². The SMILES string of the molecule is CCNCC.O=C1C(=Cc2ccccc2)CN(CCc2ccccc2)CC1=Cc1ccccc1. The minimum Gasteiger partial charge on any atom is -0.317 e. The van der Waals surface area contributed by atoms with E-state index in [9.17, 15) is 4.79 Å². The Morgan fingerprint density at radius 2 is 1.15 bits per heavy atom. The third-order valence-corrected chi connectivity index (χ3v) is 5.71. The van der Waals surface area contributed by atoms with Gasteiger partial charge in [0, 0.05) is 30.8 Å². The molecule has 0 unspecified atom stereocenters. The average Bonchev–Trinajstić information content (AvgIpc) is 2.88. The lowest BCUT2D eigenvalue weighted by molar-refractivity contribution is -0.113. The van der Waals surface area contributed by atoms with E-state index in [2.05, 4.69) is 48.3 Å². The van der Waals surface area contributed by atoms with Crippen LogP contribution in [0.2, 0.25) is 0 Å². The molecule has 0 spiro atoms. The summed E-state index contributed by atoms with van der Waals surface area (Å²) in [6, 6.07) is 30.7. The smallest absolute Gasteiger partial charge is 0.187 e. The van der Waals surface area contributed by atoms with Gasteiger partial charge in [0.05, 0.1) is 0 Å². The molecular weight excluding hydrogens is 416 g/mol. The number of hydrogen-bond acceptors (Lipinski definition) is 3. The fraction of sp³-hybridized carbons (Fsp3) is 0.258. The zero-order chi connectivity index (χ0) is 24.0. The molecule has 1 aliphatic rings. The molecule has 4 rings (SSSR count). The number of Topliss-reactive ketones (excluding diaryl/α,β-unsaturated/α-hetero) is 1. The molecule has 3 aromatic rings. The maximum Gasteiger partial charge on any atom is 0.187 e. The highest BCUT2D eigenvalue weighted by atomic mass is 16.1. The summed E-state index contributed by atoms with van der Waals surface area (Å²) in [6.07, 6.45) is 5.05. The van der Waals surface area contributed by atoms with Gasteiger partial charge < -0.3 is 5.32 Å². The highest BCUT2D eigenvalue weighted by Gasteiger charge is 2.25. The van der Waals surface area contributed by atoms with Crippen LogP contribution in [-0.2, 0) is 11.2 Å². The molecule has 0 bridgehead atoms. The number of rotatable bonds is 7. The molecule has 3 aromatic carbocycles. The predicted octanol–water partition coefficient (Wildman–Crippen LogP) is 5.90. The Morgan fingerprint density at radius 3 is 1.56 bits per heavy atom. The van der Waals surface area contributed by atoms with Crippen molar-refractivity contribution in [3.05, 3.63) is 119 Å². The Labute approximate surface area is 204 Å². The maximum atomic E-state index is 13.2. The first-order valence-corrected chi connectivity index (χ1v) is 12.2. The molecule has 0 saturated carbocycles. The van der Waals surface area contributed by atoms with Gasteiger partial charge in [-0.3, -0.25) is 9.69 Å². The van der Waals surface area contributed by atoms with E-state index in [4.69, 9.17) is 0 Å². The second-order valence-electron chi connectivity index (χ2n) is 8.39. The maximum absolute atomic E-state index is 13.2. The molecule has 176 valence electrons. The van der Waals surface area contributed by atoms with E-state index in [1.54, 1.807) is 0 Å². The van der Waals surface area contributed by atoms with Crippen LogP contribution in [0.25, 0.3) is 12.2 Å². The Morgan fingerprint density at radius 1 is 0.706 bits per heavy atom. The molecule has 0 radical (unpaired) electrons. The van der Waals surface area contributed by atoms with Crippen molar-refractivity contribution in [3.8, 4) is 0 Å². The van der Waals surface area contributed by atoms with E-state index in [-0.39, 0.29) is 5.78 Å². The number of nitrogens with one attached hydrogen (secondary N) is 1. The van der Waals surface area contributed by atoms with Crippen LogP contribution in [-0.4, -0.2) is 43.4 Å². The van der Waals surface area contributed by atoms with Gasteiger partial charge >= 0.3 is 0 Å². The molecule has 0 amide bonds. The normalized spacial score (nSPS) is 16.4. The number of hydrogen-bond donors (Lipinski definition) is 1. The zero-order valence-corrected chi connectivity index (χ0v) is 20.4. The van der Waals surface area contributed by atoms with Crippen LogP contribution >= 0.6 is 0 Å².